The normalized spacial score (nSPS) is 13.7. The second-order valence-corrected chi connectivity index (χ2v) is 14.4. The van der Waals surface area contributed by atoms with Gasteiger partial charge in [-0.15, -0.1) is 24.8 Å². The van der Waals surface area contributed by atoms with E-state index in [0.29, 0.717) is 5.04 Å². The van der Waals surface area contributed by atoms with E-state index < -0.39 is 27.6 Å². The number of halogens is 2. The Kier molecular flexibility index (Phi) is 8.92. The third kappa shape index (κ3) is 5.79. The van der Waals surface area contributed by atoms with E-state index >= 15 is 0 Å². The van der Waals surface area contributed by atoms with Crippen molar-refractivity contribution in [2.24, 2.45) is 0 Å². The summed E-state index contributed by atoms with van der Waals surface area (Å²) >= 11 is -0.476. The van der Waals surface area contributed by atoms with Crippen LogP contribution in [0.2, 0.25) is 18.1 Å². The molecule has 128 valence electrons. The predicted molar refractivity (Wildman–Crippen MR) is 105 cm³/mol. The number of aryl methyl sites for hydroxylation is 1. The van der Waals surface area contributed by atoms with Crippen molar-refractivity contribution in [1.29, 1.82) is 0 Å². The Morgan fingerprint density at radius 3 is 2.26 bits per heavy atom. The van der Waals surface area contributed by atoms with Gasteiger partial charge in [-0.2, -0.15) is 0 Å². The van der Waals surface area contributed by atoms with E-state index in [1.807, 2.05) is 0 Å². The number of benzene rings is 1. The van der Waals surface area contributed by atoms with Crippen LogP contribution in [0.25, 0.3) is 0 Å². The van der Waals surface area contributed by atoms with Crippen LogP contribution in [-0.2, 0) is 19.5 Å². The standard InChI is InChI=1S/C13H22OSi.C5H5.2ClH.Ti/c1-10-7-11(14)9-12(8-10)15(5,6)13(2,3)4;1-2-4-5-3-1;;;/h7-9,14H,1-6H3;1-3H,4H2;2*1H;/q;;;;+1/p-1. The van der Waals surface area contributed by atoms with Crippen LogP contribution in [0.4, 0.5) is 0 Å². The zero-order valence-corrected chi connectivity index (χ0v) is 19.1. The molecule has 5 heteroatoms. The third-order valence-electron chi connectivity index (χ3n) is 4.72. The molecule has 1 aromatic rings. The quantitative estimate of drug-likeness (QED) is 0.576. The molecule has 0 bridgehead atoms. The van der Waals surface area contributed by atoms with Crippen molar-refractivity contribution in [3.05, 3.63) is 45.9 Å². The topological polar surface area (TPSA) is 9.23 Å². The van der Waals surface area contributed by atoms with Crippen molar-refractivity contribution in [3.8, 4) is 5.75 Å². The van der Waals surface area contributed by atoms with Gasteiger partial charge in [0.05, 0.1) is 0 Å². The summed E-state index contributed by atoms with van der Waals surface area (Å²) in [5, 5.41) is 1.86. The number of hydrogen-bond acceptors (Lipinski definition) is 1. The Labute approximate surface area is 164 Å². The van der Waals surface area contributed by atoms with Crippen LogP contribution in [0, 0.1) is 6.92 Å². The second-order valence-electron chi connectivity index (χ2n) is 7.44. The predicted octanol–water partition coefficient (Wildman–Crippen LogP) is 5.77. The monoisotopic (exact) mass is 406 g/mol. The van der Waals surface area contributed by atoms with Crippen LogP contribution in [0.3, 0.4) is 0 Å². The molecule has 0 heterocycles. The minimum atomic E-state index is -1.50. The maximum Gasteiger partial charge on any atom is -0.147 e. The van der Waals surface area contributed by atoms with E-state index in [4.69, 9.17) is 3.32 Å². The Bertz CT molecular complexity index is 589. The Morgan fingerprint density at radius 2 is 1.74 bits per heavy atom. The van der Waals surface area contributed by atoms with E-state index in [0.717, 1.165) is 12.2 Å². The maximum absolute atomic E-state index is 6.16. The molecule has 0 aliphatic heterocycles. The molecule has 0 amide bonds. The molecule has 23 heavy (non-hydrogen) atoms. The van der Waals surface area contributed by atoms with E-state index in [2.05, 4.69) is 77.2 Å². The van der Waals surface area contributed by atoms with Crippen LogP contribution < -0.4 is 8.51 Å². The number of allylic oxidation sites excluding steroid dienone is 4. The first-order valence-electron chi connectivity index (χ1n) is 7.61. The molecule has 0 saturated carbocycles. The van der Waals surface area contributed by atoms with E-state index in [1.165, 1.54) is 14.6 Å². The molecule has 0 aromatic heterocycles. The zero-order valence-electron chi connectivity index (χ0n) is 14.9. The van der Waals surface area contributed by atoms with Crippen molar-refractivity contribution >= 4 is 38.1 Å². The van der Waals surface area contributed by atoms with Gasteiger partial charge < -0.3 is 0 Å². The molecule has 0 unspecified atom stereocenters. The molecular weight excluding hydrogens is 379 g/mol. The van der Waals surface area contributed by atoms with Gasteiger partial charge >= 0.3 is 140 Å². The van der Waals surface area contributed by atoms with Crippen molar-refractivity contribution in [3.63, 3.8) is 0 Å². The number of rotatable bonds is 4. The SMILES string of the molecule is Cc1cc([O][Ti][C]2=CC=CC2)cc([Si](C)(C)C(C)(C)C)c1.Cl.Cl. The van der Waals surface area contributed by atoms with Crippen molar-refractivity contribution in [1.82, 2.24) is 0 Å². The van der Waals surface area contributed by atoms with Gasteiger partial charge in [0, 0.05) is 0 Å². The van der Waals surface area contributed by atoms with E-state index in [1.54, 1.807) is 0 Å². The molecule has 1 aliphatic carbocycles. The minimum Gasteiger partial charge on any atom is -0.147 e. The molecule has 0 N–H and O–H groups in total. The van der Waals surface area contributed by atoms with Crippen molar-refractivity contribution in [2.45, 2.75) is 52.2 Å². The average Bonchev–Trinajstić information content (AvgIpc) is 2.87. The van der Waals surface area contributed by atoms with Crippen LogP contribution in [-0.4, -0.2) is 8.07 Å². The molecule has 2 rings (SSSR count). The van der Waals surface area contributed by atoms with E-state index in [9.17, 15) is 0 Å². The van der Waals surface area contributed by atoms with Gasteiger partial charge in [-0.05, 0) is 0 Å². The van der Waals surface area contributed by atoms with Gasteiger partial charge in [0.25, 0.3) is 0 Å². The van der Waals surface area contributed by atoms with Gasteiger partial charge in [-0.1, -0.05) is 0 Å². The molecule has 0 atom stereocenters. The first-order chi connectivity index (χ1) is 9.70. The van der Waals surface area contributed by atoms with E-state index in [-0.39, 0.29) is 24.8 Å². The summed E-state index contributed by atoms with van der Waals surface area (Å²) in [6.07, 6.45) is 7.64. The summed E-state index contributed by atoms with van der Waals surface area (Å²) in [7, 11) is -1.50. The summed E-state index contributed by atoms with van der Waals surface area (Å²) in [6.45, 7) is 14.2. The van der Waals surface area contributed by atoms with Crippen LogP contribution in [0.15, 0.2) is 40.3 Å². The summed E-state index contributed by atoms with van der Waals surface area (Å²) in [4.78, 5) is 0. The molecular formula is C18H28Cl2OSiTi. The van der Waals surface area contributed by atoms with Crippen molar-refractivity contribution in [2.75, 3.05) is 0 Å². The van der Waals surface area contributed by atoms with Gasteiger partial charge in [-0.25, -0.2) is 0 Å². The zero-order chi connectivity index (χ0) is 15.7. The first-order valence-corrected chi connectivity index (χ1v) is 12.0. The Balaban J connectivity index is 0.00000242. The maximum atomic E-state index is 6.16. The molecule has 1 nitrogen and oxygen atoms in total. The fourth-order valence-electron chi connectivity index (χ4n) is 2.25. The summed E-state index contributed by atoms with van der Waals surface area (Å²) in [5.41, 5.74) is 1.32. The fraction of sp³-hybridized carbons (Fsp3) is 0.444. The van der Waals surface area contributed by atoms with Crippen LogP contribution in [0.5, 0.6) is 5.75 Å². The van der Waals surface area contributed by atoms with Gasteiger partial charge in [0.2, 0.25) is 0 Å². The minimum absolute atomic E-state index is 0. The molecule has 1 aromatic carbocycles. The third-order valence-corrected chi connectivity index (χ3v) is 11.7. The molecule has 0 fully saturated rings. The smallest absolute Gasteiger partial charge is 0.147 e. The Morgan fingerprint density at radius 1 is 1.09 bits per heavy atom. The van der Waals surface area contributed by atoms with Crippen molar-refractivity contribution < 1.29 is 22.9 Å². The second kappa shape index (κ2) is 8.92. The molecule has 0 spiro atoms. The molecule has 1 aliphatic rings. The largest absolute Gasteiger partial charge is 0.147 e. The molecule has 0 radical (unpaired) electrons. The summed E-state index contributed by atoms with van der Waals surface area (Å²) in [6, 6.07) is 6.85. The first kappa shape index (κ1) is 23.0. The van der Waals surface area contributed by atoms with Crippen LogP contribution >= 0.6 is 24.8 Å². The summed E-state index contributed by atoms with van der Waals surface area (Å²) < 4.78 is 7.64. The summed E-state index contributed by atoms with van der Waals surface area (Å²) in [5.74, 6) is 1.07. The Hall–Kier alpha value is 0.0112. The average molecular weight is 407 g/mol. The van der Waals surface area contributed by atoms with Gasteiger partial charge in [0.15, 0.2) is 0 Å². The fourth-order valence-corrected chi connectivity index (χ4v) is 5.35. The number of hydrogen-bond donors (Lipinski definition) is 0. The van der Waals surface area contributed by atoms with Crippen LogP contribution in [0.1, 0.15) is 32.8 Å². The van der Waals surface area contributed by atoms with Gasteiger partial charge in [0.1, 0.15) is 0 Å². The molecule has 0 saturated heterocycles. The van der Waals surface area contributed by atoms with Gasteiger partial charge in [-0.3, -0.25) is 0 Å².